The van der Waals surface area contributed by atoms with Crippen LogP contribution in [-0.4, -0.2) is 29.4 Å². The number of alkyl halides is 3. The van der Waals surface area contributed by atoms with Crippen LogP contribution >= 0.6 is 11.3 Å². The summed E-state index contributed by atoms with van der Waals surface area (Å²) in [4.78, 5) is 31.5. The van der Waals surface area contributed by atoms with Gasteiger partial charge in [-0.1, -0.05) is 25.7 Å². The Balaban J connectivity index is 1.51. The number of hydrogen-bond acceptors (Lipinski definition) is 5. The van der Waals surface area contributed by atoms with Gasteiger partial charge in [0.25, 0.3) is 0 Å². The van der Waals surface area contributed by atoms with Crippen LogP contribution in [0.1, 0.15) is 74.0 Å². The first-order valence-corrected chi connectivity index (χ1v) is 12.9. The van der Waals surface area contributed by atoms with Crippen molar-refractivity contribution in [3.63, 3.8) is 0 Å². The molecule has 2 atom stereocenters. The van der Waals surface area contributed by atoms with Gasteiger partial charge >= 0.3 is 6.18 Å². The average Bonchev–Trinajstić information content (AvgIpc) is 3.24. The number of amides is 2. The molecule has 2 aliphatic rings. The summed E-state index contributed by atoms with van der Waals surface area (Å²) in [5.74, 6) is 0.307. The highest BCUT2D eigenvalue weighted by molar-refractivity contribution is 7.16. The molecule has 2 aliphatic carbocycles. The third kappa shape index (κ3) is 6.34. The summed E-state index contributed by atoms with van der Waals surface area (Å²) >= 11 is 1.36. The highest BCUT2D eigenvalue weighted by Crippen LogP contribution is 2.37. The Bertz CT molecular complexity index is 1050. The lowest BCUT2D eigenvalue weighted by Crippen LogP contribution is -2.48. The van der Waals surface area contributed by atoms with Crippen molar-refractivity contribution in [2.45, 2.75) is 83.1 Å². The third-order valence-electron chi connectivity index (χ3n) is 6.79. The number of rotatable bonds is 10. The van der Waals surface area contributed by atoms with Crippen LogP contribution < -0.4 is 15.5 Å². The fourth-order valence-corrected chi connectivity index (χ4v) is 5.59. The second kappa shape index (κ2) is 10.6. The van der Waals surface area contributed by atoms with Gasteiger partial charge in [-0.15, -0.1) is 11.3 Å². The van der Waals surface area contributed by atoms with E-state index in [2.05, 4.69) is 15.6 Å². The average molecular weight is 509 g/mol. The second-order valence-electron chi connectivity index (χ2n) is 9.59. The van der Waals surface area contributed by atoms with Crippen LogP contribution in [0.5, 0.6) is 0 Å². The first-order chi connectivity index (χ1) is 16.7. The molecule has 0 radical (unpaired) electrons. The normalized spacial score (nSPS) is 18.2. The molecule has 35 heavy (non-hydrogen) atoms. The number of nitrogens with zero attached hydrogens (tertiary/aromatic N) is 2. The van der Waals surface area contributed by atoms with E-state index < -0.39 is 17.8 Å². The van der Waals surface area contributed by atoms with Crippen molar-refractivity contribution in [3.05, 3.63) is 40.5 Å². The van der Waals surface area contributed by atoms with E-state index in [9.17, 15) is 22.8 Å². The number of hydrogen-bond donors (Lipinski definition) is 2. The maximum atomic E-state index is 13.1. The van der Waals surface area contributed by atoms with Gasteiger partial charge in [-0.05, 0) is 57.2 Å². The SMILES string of the molecule is Cc1ncc(C(F)(F)F)cc1N[C@@H](C)c1ccc(N(C=O)[C@@H](CC2CCCC2)C(=O)NC2CC2)s1. The fraction of sp³-hybridized carbons (Fsp3) is 0.560. The highest BCUT2D eigenvalue weighted by Gasteiger charge is 2.35. The van der Waals surface area contributed by atoms with Crippen molar-refractivity contribution in [1.29, 1.82) is 0 Å². The number of carbonyl (C=O) groups is 2. The summed E-state index contributed by atoms with van der Waals surface area (Å²) < 4.78 is 39.4. The molecule has 2 aromatic rings. The lowest BCUT2D eigenvalue weighted by molar-refractivity contribution is -0.137. The van der Waals surface area contributed by atoms with E-state index >= 15 is 0 Å². The van der Waals surface area contributed by atoms with Gasteiger partial charge in [-0.25, -0.2) is 0 Å². The van der Waals surface area contributed by atoms with Crippen molar-refractivity contribution in [2.24, 2.45) is 5.92 Å². The number of halogens is 3. The summed E-state index contributed by atoms with van der Waals surface area (Å²) in [6.07, 6.45) is 4.09. The van der Waals surface area contributed by atoms with Crippen LogP contribution in [0.2, 0.25) is 0 Å². The summed E-state index contributed by atoms with van der Waals surface area (Å²) in [6.45, 7) is 3.49. The van der Waals surface area contributed by atoms with Gasteiger partial charge in [-0.3, -0.25) is 19.5 Å². The molecule has 2 heterocycles. The molecule has 2 amide bonds. The van der Waals surface area contributed by atoms with E-state index in [1.807, 2.05) is 13.0 Å². The molecule has 190 valence electrons. The molecule has 2 aromatic heterocycles. The smallest absolute Gasteiger partial charge is 0.376 e. The molecule has 2 fully saturated rings. The number of aromatic nitrogens is 1. The van der Waals surface area contributed by atoms with Crippen molar-refractivity contribution in [1.82, 2.24) is 10.3 Å². The van der Waals surface area contributed by atoms with Crippen LogP contribution in [0.15, 0.2) is 24.4 Å². The van der Waals surface area contributed by atoms with Crippen molar-refractivity contribution < 1.29 is 22.8 Å². The van der Waals surface area contributed by atoms with Gasteiger partial charge in [0.15, 0.2) is 0 Å². The number of aryl methyl sites for hydroxylation is 1. The van der Waals surface area contributed by atoms with E-state index in [0.29, 0.717) is 28.7 Å². The minimum absolute atomic E-state index is 0.113. The standard InChI is InChI=1S/C25H31F3N4O2S/c1-15-20(12-18(13-29-15)25(26,27)28)30-16(2)22-9-10-23(35-22)32(14-33)21(11-17-5-3-4-6-17)24(34)31-19-7-8-19/h9-10,12-14,16-17,19,21,30H,3-8,11H2,1-2H3,(H,31,34)/t16-,21-/m0/s1. The molecular formula is C25H31F3N4O2S. The number of thiophene rings is 1. The Morgan fingerprint density at radius 3 is 2.60 bits per heavy atom. The van der Waals surface area contributed by atoms with E-state index in [0.717, 1.165) is 62.1 Å². The molecule has 6 nitrogen and oxygen atoms in total. The summed E-state index contributed by atoms with van der Waals surface area (Å²) in [5.41, 5.74) is -0.0461. The van der Waals surface area contributed by atoms with Gasteiger partial charge in [0.2, 0.25) is 12.3 Å². The Labute approximate surface area is 207 Å². The van der Waals surface area contributed by atoms with Crippen molar-refractivity contribution in [2.75, 3.05) is 10.2 Å². The van der Waals surface area contributed by atoms with Crippen LogP contribution in [-0.2, 0) is 15.8 Å². The first kappa shape index (κ1) is 25.5. The largest absolute Gasteiger partial charge is 0.417 e. The Kier molecular flexibility index (Phi) is 7.68. The molecule has 2 N–H and O–H groups in total. The predicted molar refractivity (Wildman–Crippen MR) is 130 cm³/mol. The summed E-state index contributed by atoms with van der Waals surface area (Å²) in [7, 11) is 0. The zero-order chi connectivity index (χ0) is 25.2. The molecule has 0 bridgehead atoms. The van der Waals surface area contributed by atoms with Crippen molar-refractivity contribution in [3.8, 4) is 0 Å². The van der Waals surface area contributed by atoms with Crippen LogP contribution in [0.25, 0.3) is 0 Å². The molecular weight excluding hydrogens is 477 g/mol. The van der Waals surface area contributed by atoms with Gasteiger partial charge in [0.05, 0.1) is 28.0 Å². The third-order valence-corrected chi connectivity index (χ3v) is 8.07. The fourth-order valence-electron chi connectivity index (χ4n) is 4.57. The van der Waals surface area contributed by atoms with Gasteiger partial charge in [0, 0.05) is 17.1 Å². The first-order valence-electron chi connectivity index (χ1n) is 12.1. The zero-order valence-corrected chi connectivity index (χ0v) is 20.7. The minimum Gasteiger partial charge on any atom is -0.376 e. The Morgan fingerprint density at radius 1 is 1.26 bits per heavy atom. The van der Waals surface area contributed by atoms with E-state index in [4.69, 9.17) is 0 Å². The van der Waals surface area contributed by atoms with Crippen LogP contribution in [0.4, 0.5) is 23.9 Å². The monoisotopic (exact) mass is 508 g/mol. The van der Waals surface area contributed by atoms with Gasteiger partial charge in [0.1, 0.15) is 6.04 Å². The number of carbonyl (C=O) groups excluding carboxylic acids is 2. The quantitative estimate of drug-likeness (QED) is 0.396. The topological polar surface area (TPSA) is 74.3 Å². The molecule has 0 unspecified atom stereocenters. The highest BCUT2D eigenvalue weighted by atomic mass is 32.1. The minimum atomic E-state index is -4.48. The van der Waals surface area contributed by atoms with Crippen molar-refractivity contribution >= 4 is 34.3 Å². The predicted octanol–water partition coefficient (Wildman–Crippen LogP) is 5.83. The van der Waals surface area contributed by atoms with E-state index in [1.54, 1.807) is 13.0 Å². The van der Waals surface area contributed by atoms with Gasteiger partial charge < -0.3 is 10.6 Å². The lowest BCUT2D eigenvalue weighted by atomic mass is 9.97. The molecule has 4 rings (SSSR count). The maximum absolute atomic E-state index is 13.1. The number of nitrogens with one attached hydrogen (secondary N) is 2. The summed E-state index contributed by atoms with van der Waals surface area (Å²) in [5, 5.41) is 6.82. The number of pyridine rings is 1. The Hall–Kier alpha value is -2.62. The molecule has 0 saturated heterocycles. The van der Waals surface area contributed by atoms with E-state index in [-0.39, 0.29) is 18.0 Å². The molecule has 0 aliphatic heterocycles. The van der Waals surface area contributed by atoms with Crippen LogP contribution in [0, 0.1) is 12.8 Å². The Morgan fingerprint density at radius 2 is 1.97 bits per heavy atom. The zero-order valence-electron chi connectivity index (χ0n) is 19.9. The second-order valence-corrected chi connectivity index (χ2v) is 10.7. The van der Waals surface area contributed by atoms with E-state index in [1.165, 1.54) is 16.2 Å². The summed E-state index contributed by atoms with van der Waals surface area (Å²) in [6, 6.07) is 4.02. The number of anilines is 2. The molecule has 2 saturated carbocycles. The molecule has 10 heteroatoms. The molecule has 0 spiro atoms. The van der Waals surface area contributed by atoms with Crippen LogP contribution in [0.3, 0.4) is 0 Å². The molecule has 0 aromatic carbocycles. The van der Waals surface area contributed by atoms with Gasteiger partial charge in [-0.2, -0.15) is 13.2 Å². The lowest BCUT2D eigenvalue weighted by Gasteiger charge is -2.28. The maximum Gasteiger partial charge on any atom is 0.417 e.